The van der Waals surface area contributed by atoms with Crippen LogP contribution in [0.2, 0.25) is 5.02 Å². The van der Waals surface area contributed by atoms with E-state index in [-0.39, 0.29) is 12.0 Å². The van der Waals surface area contributed by atoms with Crippen LogP contribution >= 0.6 is 43.5 Å². The normalized spacial score (nSPS) is 19.3. The van der Waals surface area contributed by atoms with Crippen LogP contribution in [0.4, 0.5) is 4.79 Å². The average molecular weight is 543 g/mol. The van der Waals surface area contributed by atoms with Gasteiger partial charge in [0, 0.05) is 39.2 Å². The molecule has 1 fully saturated rings. The Morgan fingerprint density at radius 3 is 2.66 bits per heavy atom. The molecule has 29 heavy (non-hydrogen) atoms. The Hall–Kier alpha value is -1.11. The lowest BCUT2D eigenvalue weighted by atomic mass is 9.76. The van der Waals surface area contributed by atoms with Crippen molar-refractivity contribution in [1.82, 2.24) is 9.88 Å². The quantitative estimate of drug-likeness (QED) is 0.444. The third-order valence-electron chi connectivity index (χ3n) is 5.95. The van der Waals surface area contributed by atoms with Crippen molar-refractivity contribution >= 4 is 49.6 Å². The Balaban J connectivity index is 1.72. The number of piperidine rings is 1. The second-order valence-electron chi connectivity index (χ2n) is 7.66. The zero-order valence-electron chi connectivity index (χ0n) is 16.3. The molecule has 0 bridgehead atoms. The van der Waals surface area contributed by atoms with Crippen LogP contribution in [0.15, 0.2) is 33.3 Å². The molecule has 1 amide bonds. The lowest BCUT2D eigenvalue weighted by Gasteiger charge is -2.36. The summed E-state index contributed by atoms with van der Waals surface area (Å²) in [5.74, 6) is 0.592. The van der Waals surface area contributed by atoms with Crippen LogP contribution in [0.3, 0.4) is 0 Å². The Bertz CT molecular complexity index is 929. The van der Waals surface area contributed by atoms with Gasteiger partial charge >= 0.3 is 6.09 Å². The fraction of sp³-hybridized carbons (Fsp3) is 0.455. The first-order valence-electron chi connectivity index (χ1n) is 10.0. The van der Waals surface area contributed by atoms with E-state index in [9.17, 15) is 4.79 Å². The number of amides is 1. The highest BCUT2D eigenvalue weighted by molar-refractivity contribution is 9.10. The maximum Gasteiger partial charge on any atom is 0.409 e. The molecule has 0 N–H and O–H groups in total. The zero-order valence-corrected chi connectivity index (χ0v) is 20.2. The van der Waals surface area contributed by atoms with E-state index in [0.717, 1.165) is 45.3 Å². The number of hydrogen-bond donors (Lipinski definition) is 0. The summed E-state index contributed by atoms with van der Waals surface area (Å²) in [4.78, 5) is 18.8. The molecular formula is C22H23Br2ClN2O2. The van der Waals surface area contributed by atoms with Gasteiger partial charge in [0.05, 0.1) is 12.3 Å². The van der Waals surface area contributed by atoms with E-state index in [2.05, 4.69) is 44.0 Å². The minimum absolute atomic E-state index is 0.187. The first-order valence-corrected chi connectivity index (χ1v) is 12.0. The summed E-state index contributed by atoms with van der Waals surface area (Å²) in [6.07, 6.45) is 5.43. The number of benzene rings is 1. The highest BCUT2D eigenvalue weighted by Gasteiger charge is 2.36. The standard InChI is InChI=1S/C22H23Br2ClN2O2/c1-2-29-22(28)27-7-5-13(6-8-27)20-19-14(10-17(25)11-18(19)24)3-4-15-9-16(23)12-26-21(15)20/h9-13,20H,2-8H2,1H3/t20-/m1/s1. The number of hydrogen-bond acceptors (Lipinski definition) is 3. The van der Waals surface area contributed by atoms with Gasteiger partial charge in [0.15, 0.2) is 0 Å². The summed E-state index contributed by atoms with van der Waals surface area (Å²) in [5.41, 5.74) is 5.04. The minimum atomic E-state index is -0.206. The molecule has 1 aromatic carbocycles. The predicted molar refractivity (Wildman–Crippen MR) is 122 cm³/mol. The summed E-state index contributed by atoms with van der Waals surface area (Å²) in [7, 11) is 0. The van der Waals surface area contributed by atoms with Crippen LogP contribution in [-0.4, -0.2) is 35.7 Å². The molecule has 0 spiro atoms. The van der Waals surface area contributed by atoms with E-state index in [4.69, 9.17) is 21.3 Å². The number of nitrogens with zero attached hydrogens (tertiary/aromatic N) is 2. The number of carbonyl (C=O) groups excluding carboxylic acids is 1. The first-order chi connectivity index (χ1) is 14.0. The second-order valence-corrected chi connectivity index (χ2v) is 9.87. The molecule has 2 heterocycles. The Morgan fingerprint density at radius 1 is 1.21 bits per heavy atom. The van der Waals surface area contributed by atoms with Crippen molar-refractivity contribution in [3.05, 3.63) is 60.7 Å². The second kappa shape index (κ2) is 8.94. The van der Waals surface area contributed by atoms with Gasteiger partial charge in [-0.15, -0.1) is 0 Å². The largest absolute Gasteiger partial charge is 0.450 e. The van der Waals surface area contributed by atoms with Gasteiger partial charge in [0.25, 0.3) is 0 Å². The Labute approximate surface area is 193 Å². The minimum Gasteiger partial charge on any atom is -0.450 e. The number of fused-ring (bicyclic) bond motifs is 2. The van der Waals surface area contributed by atoms with Gasteiger partial charge in [0.2, 0.25) is 0 Å². The molecule has 4 rings (SSSR count). The molecule has 1 aromatic heterocycles. The highest BCUT2D eigenvalue weighted by atomic mass is 79.9. The smallest absolute Gasteiger partial charge is 0.409 e. The highest BCUT2D eigenvalue weighted by Crippen LogP contribution is 2.46. The molecule has 2 aromatic rings. The van der Waals surface area contributed by atoms with Gasteiger partial charge in [-0.2, -0.15) is 0 Å². The summed E-state index contributed by atoms with van der Waals surface area (Å²) in [5, 5.41) is 0.756. The molecule has 4 nitrogen and oxygen atoms in total. The fourth-order valence-corrected chi connectivity index (χ4v) is 6.16. The zero-order chi connectivity index (χ0) is 20.5. The van der Waals surface area contributed by atoms with Crippen LogP contribution in [0, 0.1) is 5.92 Å². The van der Waals surface area contributed by atoms with Crippen molar-refractivity contribution in [3.63, 3.8) is 0 Å². The summed E-state index contributed by atoms with van der Waals surface area (Å²) < 4.78 is 7.25. The number of pyridine rings is 1. The van der Waals surface area contributed by atoms with Crippen molar-refractivity contribution in [2.24, 2.45) is 5.92 Å². The van der Waals surface area contributed by atoms with Crippen LogP contribution in [-0.2, 0) is 17.6 Å². The third kappa shape index (κ3) is 4.35. The topological polar surface area (TPSA) is 42.4 Å². The molecule has 1 aliphatic heterocycles. The van der Waals surface area contributed by atoms with Crippen molar-refractivity contribution in [2.75, 3.05) is 19.7 Å². The summed E-state index contributed by atoms with van der Waals surface area (Å²) in [6, 6.07) is 6.29. The molecule has 1 atom stereocenters. The van der Waals surface area contributed by atoms with Gasteiger partial charge in [-0.25, -0.2) is 4.79 Å². The molecule has 2 aliphatic rings. The third-order valence-corrected chi connectivity index (χ3v) is 7.26. The number of aryl methyl sites for hydroxylation is 2. The van der Waals surface area contributed by atoms with E-state index in [0.29, 0.717) is 25.6 Å². The average Bonchev–Trinajstić information content (AvgIpc) is 2.85. The number of ether oxygens (including phenoxy) is 1. The van der Waals surface area contributed by atoms with Crippen molar-refractivity contribution in [1.29, 1.82) is 0 Å². The van der Waals surface area contributed by atoms with Gasteiger partial charge in [-0.05, 0) is 89.3 Å². The van der Waals surface area contributed by atoms with Crippen molar-refractivity contribution in [2.45, 2.75) is 38.5 Å². The first kappa shape index (κ1) is 21.1. The van der Waals surface area contributed by atoms with E-state index < -0.39 is 0 Å². The number of likely N-dealkylation sites (tertiary alicyclic amines) is 1. The number of aromatic nitrogens is 1. The monoisotopic (exact) mass is 540 g/mol. The predicted octanol–water partition coefficient (Wildman–Crippen LogP) is 6.36. The van der Waals surface area contributed by atoms with E-state index >= 15 is 0 Å². The van der Waals surface area contributed by atoms with Crippen LogP contribution in [0.1, 0.15) is 48.1 Å². The Morgan fingerprint density at radius 2 is 1.93 bits per heavy atom. The lowest BCUT2D eigenvalue weighted by Crippen LogP contribution is -2.40. The van der Waals surface area contributed by atoms with Gasteiger partial charge < -0.3 is 9.64 Å². The fourth-order valence-electron chi connectivity index (χ4n) is 4.66. The SMILES string of the molecule is CCOC(=O)N1CCC([C@H]2c3ncc(Br)cc3CCc3cc(Cl)cc(Br)c32)CC1. The van der Waals surface area contributed by atoms with Gasteiger partial charge in [0.1, 0.15) is 0 Å². The van der Waals surface area contributed by atoms with Crippen LogP contribution in [0.5, 0.6) is 0 Å². The maximum atomic E-state index is 12.1. The molecule has 0 unspecified atom stereocenters. The summed E-state index contributed by atoms with van der Waals surface area (Å²) in [6.45, 7) is 3.68. The van der Waals surface area contributed by atoms with Crippen LogP contribution in [0.25, 0.3) is 0 Å². The molecular weight excluding hydrogens is 520 g/mol. The van der Waals surface area contributed by atoms with Crippen LogP contribution < -0.4 is 0 Å². The number of carbonyl (C=O) groups is 1. The Kier molecular flexibility index (Phi) is 6.52. The molecule has 7 heteroatoms. The number of rotatable bonds is 2. The maximum absolute atomic E-state index is 12.1. The lowest BCUT2D eigenvalue weighted by molar-refractivity contribution is 0.0900. The molecule has 154 valence electrons. The summed E-state index contributed by atoms with van der Waals surface area (Å²) >= 11 is 13.7. The molecule has 0 radical (unpaired) electrons. The van der Waals surface area contributed by atoms with Crippen molar-refractivity contribution < 1.29 is 9.53 Å². The van der Waals surface area contributed by atoms with E-state index in [1.54, 1.807) is 0 Å². The van der Waals surface area contributed by atoms with Gasteiger partial charge in [-0.3, -0.25) is 4.98 Å². The molecule has 1 aliphatic carbocycles. The molecule has 1 saturated heterocycles. The molecule has 0 saturated carbocycles. The van der Waals surface area contributed by atoms with E-state index in [1.807, 2.05) is 24.1 Å². The van der Waals surface area contributed by atoms with Crippen molar-refractivity contribution in [3.8, 4) is 0 Å². The van der Waals surface area contributed by atoms with Gasteiger partial charge in [-0.1, -0.05) is 27.5 Å². The number of halogens is 3. The van der Waals surface area contributed by atoms with E-state index in [1.165, 1.54) is 16.7 Å².